The van der Waals surface area contributed by atoms with E-state index in [-0.39, 0.29) is 12.0 Å². The third-order valence-electron chi connectivity index (χ3n) is 10.1. The molecule has 0 aliphatic carbocycles. The fourth-order valence-electron chi connectivity index (χ4n) is 7.50. The number of methoxy groups -OCH3 is 1. The van der Waals surface area contributed by atoms with Crippen molar-refractivity contribution in [2.45, 2.75) is 37.1 Å². The maximum absolute atomic E-state index is 12.0. The summed E-state index contributed by atoms with van der Waals surface area (Å²) < 4.78 is 19.4. The minimum atomic E-state index is -0.918. The van der Waals surface area contributed by atoms with Crippen LogP contribution in [0.2, 0.25) is 0 Å². The first kappa shape index (κ1) is 34.0. The molecule has 1 amide bonds. The SMILES string of the molecule is COc1c(COC2CN(C(=O)O)CCC2c2ccc(CCOC(c3ccccc3)(c3ccccc3)c3ccccc3)cc2)ccc2ccccc12. The zero-order valence-electron chi connectivity index (χ0n) is 28.9. The van der Waals surface area contributed by atoms with Crippen molar-refractivity contribution in [2.24, 2.45) is 0 Å². The summed E-state index contributed by atoms with van der Waals surface area (Å²) >= 11 is 0. The summed E-state index contributed by atoms with van der Waals surface area (Å²) in [7, 11) is 1.68. The fourth-order valence-corrected chi connectivity index (χ4v) is 7.50. The van der Waals surface area contributed by atoms with Crippen LogP contribution in [0.3, 0.4) is 0 Å². The van der Waals surface area contributed by atoms with Gasteiger partial charge in [-0.3, -0.25) is 0 Å². The van der Waals surface area contributed by atoms with Gasteiger partial charge in [-0.15, -0.1) is 0 Å². The van der Waals surface area contributed by atoms with Crippen LogP contribution in [-0.2, 0) is 28.1 Å². The zero-order chi connectivity index (χ0) is 35.0. The number of rotatable bonds is 12. The van der Waals surface area contributed by atoms with E-state index in [1.165, 1.54) is 10.5 Å². The highest BCUT2D eigenvalue weighted by atomic mass is 16.5. The summed E-state index contributed by atoms with van der Waals surface area (Å²) in [5.41, 5.74) is 5.74. The van der Waals surface area contributed by atoms with Crippen LogP contribution < -0.4 is 4.74 Å². The first-order chi connectivity index (χ1) is 25.1. The normalized spacial score (nSPS) is 16.2. The van der Waals surface area contributed by atoms with Crippen molar-refractivity contribution in [1.29, 1.82) is 0 Å². The van der Waals surface area contributed by atoms with Crippen LogP contribution in [0, 0.1) is 0 Å². The molecule has 7 rings (SSSR count). The number of likely N-dealkylation sites (tertiary alicyclic amines) is 1. The molecule has 1 heterocycles. The lowest BCUT2D eigenvalue weighted by atomic mass is 9.80. The number of piperidine rings is 1. The van der Waals surface area contributed by atoms with Gasteiger partial charge in [0.15, 0.2) is 0 Å². The van der Waals surface area contributed by atoms with E-state index in [2.05, 4.69) is 109 Å². The van der Waals surface area contributed by atoms with E-state index < -0.39 is 11.7 Å². The molecule has 1 N–H and O–H groups in total. The van der Waals surface area contributed by atoms with Gasteiger partial charge in [-0.05, 0) is 46.0 Å². The van der Waals surface area contributed by atoms with Gasteiger partial charge in [-0.2, -0.15) is 0 Å². The number of carboxylic acid groups (broad SMARTS) is 1. The Morgan fingerprint density at radius 2 is 1.33 bits per heavy atom. The molecule has 6 aromatic rings. The molecule has 258 valence electrons. The molecule has 1 saturated heterocycles. The predicted octanol–water partition coefficient (Wildman–Crippen LogP) is 9.45. The Labute approximate surface area is 299 Å². The Hall–Kier alpha value is -5.43. The molecule has 2 atom stereocenters. The van der Waals surface area contributed by atoms with E-state index in [0.717, 1.165) is 50.8 Å². The van der Waals surface area contributed by atoms with E-state index >= 15 is 0 Å². The van der Waals surface area contributed by atoms with Crippen LogP contribution in [0.4, 0.5) is 4.79 Å². The van der Waals surface area contributed by atoms with Crippen LogP contribution in [0.5, 0.6) is 5.75 Å². The Morgan fingerprint density at radius 1 is 0.745 bits per heavy atom. The lowest BCUT2D eigenvalue weighted by molar-refractivity contribution is -0.0204. The summed E-state index contributed by atoms with van der Waals surface area (Å²) in [6.45, 7) is 1.61. The standard InChI is InChI=1S/C45H43NO5/c1-49-43-36(26-25-34-13-11-12-20-41(34)43)32-50-42-31-46(44(47)48)29-27-40(42)35-23-21-33(22-24-35)28-30-51-45(37-14-5-2-6-15-37,38-16-7-3-8-17-38)39-18-9-4-10-19-39/h2-26,40,42H,27-32H2,1H3,(H,47,48). The minimum absolute atomic E-state index is 0.0549. The van der Waals surface area contributed by atoms with Gasteiger partial charge in [-0.25, -0.2) is 4.79 Å². The Bertz CT molecular complexity index is 1940. The molecule has 1 aliphatic rings. The summed E-state index contributed by atoms with van der Waals surface area (Å²) in [6.07, 6.45) is 0.192. The predicted molar refractivity (Wildman–Crippen MR) is 201 cm³/mol. The topological polar surface area (TPSA) is 68.2 Å². The minimum Gasteiger partial charge on any atom is -0.496 e. The Balaban J connectivity index is 1.09. The summed E-state index contributed by atoms with van der Waals surface area (Å²) in [5, 5.41) is 12.0. The van der Waals surface area contributed by atoms with Gasteiger partial charge in [0, 0.05) is 23.4 Å². The molecule has 0 radical (unpaired) electrons. The highest BCUT2D eigenvalue weighted by molar-refractivity contribution is 5.89. The number of amides is 1. The average molecular weight is 678 g/mol. The van der Waals surface area contributed by atoms with E-state index in [9.17, 15) is 9.90 Å². The molecule has 2 unspecified atom stereocenters. The molecule has 0 spiro atoms. The first-order valence-corrected chi connectivity index (χ1v) is 17.6. The molecular formula is C45H43NO5. The summed E-state index contributed by atoms with van der Waals surface area (Å²) in [6, 6.07) is 52.2. The van der Waals surface area contributed by atoms with Gasteiger partial charge in [0.1, 0.15) is 11.4 Å². The lowest BCUT2D eigenvalue weighted by Crippen LogP contribution is -2.46. The molecular weight excluding hydrogens is 634 g/mol. The second-order valence-corrected chi connectivity index (χ2v) is 13.1. The van der Waals surface area contributed by atoms with E-state index in [0.29, 0.717) is 32.7 Å². The maximum atomic E-state index is 12.0. The lowest BCUT2D eigenvalue weighted by Gasteiger charge is -2.37. The van der Waals surface area contributed by atoms with E-state index in [1.807, 2.05) is 42.5 Å². The third kappa shape index (κ3) is 7.25. The summed E-state index contributed by atoms with van der Waals surface area (Å²) in [4.78, 5) is 13.5. The molecule has 51 heavy (non-hydrogen) atoms. The number of benzene rings is 6. The quantitative estimate of drug-likeness (QED) is 0.131. The largest absolute Gasteiger partial charge is 0.496 e. The van der Waals surface area contributed by atoms with E-state index in [1.54, 1.807) is 7.11 Å². The number of fused-ring (bicyclic) bond motifs is 1. The zero-order valence-corrected chi connectivity index (χ0v) is 28.9. The smallest absolute Gasteiger partial charge is 0.407 e. The van der Waals surface area contributed by atoms with Crippen molar-refractivity contribution in [1.82, 2.24) is 4.90 Å². The molecule has 0 aromatic heterocycles. The van der Waals surface area contributed by atoms with Crippen LogP contribution in [0.15, 0.2) is 152 Å². The number of nitrogens with zero attached hydrogens (tertiary/aromatic N) is 1. The van der Waals surface area contributed by atoms with E-state index in [4.69, 9.17) is 14.2 Å². The van der Waals surface area contributed by atoms with Crippen molar-refractivity contribution in [3.8, 4) is 5.75 Å². The Morgan fingerprint density at radius 3 is 1.92 bits per heavy atom. The molecule has 6 aromatic carbocycles. The monoisotopic (exact) mass is 677 g/mol. The molecule has 0 bridgehead atoms. The van der Waals surface area contributed by atoms with Crippen molar-refractivity contribution in [2.75, 3.05) is 26.8 Å². The van der Waals surface area contributed by atoms with Gasteiger partial charge in [0.05, 0.1) is 33.0 Å². The molecule has 0 saturated carbocycles. The molecule has 1 aliphatic heterocycles. The number of ether oxygens (including phenoxy) is 3. The van der Waals surface area contributed by atoms with Crippen molar-refractivity contribution in [3.63, 3.8) is 0 Å². The number of hydrogen-bond acceptors (Lipinski definition) is 4. The maximum Gasteiger partial charge on any atom is 0.407 e. The van der Waals surface area contributed by atoms with Gasteiger partial charge < -0.3 is 24.2 Å². The van der Waals surface area contributed by atoms with Gasteiger partial charge in [0.25, 0.3) is 0 Å². The van der Waals surface area contributed by atoms with Gasteiger partial charge in [-0.1, -0.05) is 152 Å². The van der Waals surface area contributed by atoms with Crippen LogP contribution in [0.1, 0.15) is 45.7 Å². The Kier molecular flexibility index (Phi) is 10.4. The number of hydrogen-bond donors (Lipinski definition) is 1. The second-order valence-electron chi connectivity index (χ2n) is 13.1. The third-order valence-corrected chi connectivity index (χ3v) is 10.1. The molecule has 6 heteroatoms. The van der Waals surface area contributed by atoms with Gasteiger partial charge in [0.2, 0.25) is 0 Å². The van der Waals surface area contributed by atoms with Crippen molar-refractivity contribution < 1.29 is 24.1 Å². The number of carbonyl (C=O) groups is 1. The second kappa shape index (κ2) is 15.6. The fraction of sp³-hybridized carbons (Fsp3) is 0.222. The highest BCUT2D eigenvalue weighted by Crippen LogP contribution is 2.41. The van der Waals surface area contributed by atoms with Gasteiger partial charge >= 0.3 is 6.09 Å². The first-order valence-electron chi connectivity index (χ1n) is 17.6. The van der Waals surface area contributed by atoms with Crippen LogP contribution in [-0.4, -0.2) is 49.0 Å². The van der Waals surface area contributed by atoms with Crippen molar-refractivity contribution in [3.05, 3.63) is 185 Å². The average Bonchev–Trinajstić information content (AvgIpc) is 3.19. The van der Waals surface area contributed by atoms with Crippen molar-refractivity contribution >= 4 is 16.9 Å². The molecule has 1 fully saturated rings. The van der Waals surface area contributed by atoms with Crippen LogP contribution >= 0.6 is 0 Å². The van der Waals surface area contributed by atoms with Crippen LogP contribution in [0.25, 0.3) is 10.8 Å². The summed E-state index contributed by atoms with van der Waals surface area (Å²) in [5.74, 6) is 0.845. The highest BCUT2D eigenvalue weighted by Gasteiger charge is 2.37. The molecule has 6 nitrogen and oxygen atoms in total.